The van der Waals surface area contributed by atoms with Gasteiger partial charge in [-0.3, -0.25) is 14.4 Å². The summed E-state index contributed by atoms with van der Waals surface area (Å²) in [5.41, 5.74) is 3.40. The van der Waals surface area contributed by atoms with Gasteiger partial charge >= 0.3 is 0 Å². The van der Waals surface area contributed by atoms with Crippen molar-refractivity contribution in [2.75, 3.05) is 42.9 Å². The Morgan fingerprint density at radius 2 is 1.81 bits per heavy atom. The SMILES string of the molecule is C[C@@H](O)CN1CCN(c2c(-c3ccc4nc(NC(=O)c5ccnc(F)c5)cn4n3)c(-c3ccc(F)cc3)nn2C)CC1. The van der Waals surface area contributed by atoms with Crippen LogP contribution in [0.4, 0.5) is 20.4 Å². The molecular weight excluding hydrogens is 544 g/mol. The van der Waals surface area contributed by atoms with Gasteiger partial charge in [0.1, 0.15) is 17.3 Å². The van der Waals surface area contributed by atoms with Crippen molar-refractivity contribution in [3.8, 4) is 22.5 Å². The number of carbonyl (C=O) groups is 1. The quantitative estimate of drug-likeness (QED) is 0.285. The highest BCUT2D eigenvalue weighted by atomic mass is 19.1. The molecule has 4 aromatic heterocycles. The van der Waals surface area contributed by atoms with E-state index in [1.807, 2.05) is 17.8 Å². The van der Waals surface area contributed by atoms with Crippen molar-refractivity contribution in [2.24, 2.45) is 7.05 Å². The molecule has 1 atom stereocenters. The molecule has 1 saturated heterocycles. The number of hydrogen-bond acceptors (Lipinski definition) is 8. The largest absolute Gasteiger partial charge is 0.392 e. The minimum atomic E-state index is -0.752. The smallest absolute Gasteiger partial charge is 0.257 e. The fourth-order valence-electron chi connectivity index (χ4n) is 5.25. The molecule has 0 bridgehead atoms. The van der Waals surface area contributed by atoms with Crippen LogP contribution in [0.3, 0.4) is 0 Å². The highest BCUT2D eigenvalue weighted by Crippen LogP contribution is 2.39. The fourth-order valence-corrected chi connectivity index (χ4v) is 5.25. The van der Waals surface area contributed by atoms with Crippen molar-refractivity contribution >= 4 is 23.2 Å². The molecule has 42 heavy (non-hydrogen) atoms. The van der Waals surface area contributed by atoms with Crippen molar-refractivity contribution in [3.63, 3.8) is 0 Å². The number of rotatable bonds is 7. The molecule has 0 unspecified atom stereocenters. The third kappa shape index (κ3) is 5.56. The zero-order valence-corrected chi connectivity index (χ0v) is 23.1. The van der Waals surface area contributed by atoms with E-state index in [-0.39, 0.29) is 17.2 Å². The minimum Gasteiger partial charge on any atom is -0.392 e. The van der Waals surface area contributed by atoms with Crippen LogP contribution < -0.4 is 10.2 Å². The average molecular weight is 574 g/mol. The van der Waals surface area contributed by atoms with Gasteiger partial charge in [-0.25, -0.2) is 18.9 Å². The van der Waals surface area contributed by atoms with Gasteiger partial charge in [0.25, 0.3) is 5.91 Å². The maximum absolute atomic E-state index is 13.8. The monoisotopic (exact) mass is 573 g/mol. The van der Waals surface area contributed by atoms with Gasteiger partial charge in [0.2, 0.25) is 5.95 Å². The van der Waals surface area contributed by atoms with E-state index in [1.165, 1.54) is 24.4 Å². The number of anilines is 2. The van der Waals surface area contributed by atoms with Crippen LogP contribution in [0.25, 0.3) is 28.2 Å². The van der Waals surface area contributed by atoms with E-state index in [0.717, 1.165) is 49.2 Å². The lowest BCUT2D eigenvalue weighted by Crippen LogP contribution is -2.48. The highest BCUT2D eigenvalue weighted by Gasteiger charge is 2.28. The Bertz CT molecular complexity index is 1740. The van der Waals surface area contributed by atoms with Crippen LogP contribution in [0.1, 0.15) is 17.3 Å². The number of hydrogen-bond donors (Lipinski definition) is 2. The van der Waals surface area contributed by atoms with Gasteiger partial charge < -0.3 is 15.3 Å². The number of amides is 1. The maximum atomic E-state index is 13.8. The standard InChI is InChI=1S/C29H29F2N9O2/c1-18(41)16-38-11-13-39(14-12-38)29-26(27(36-37(29)2)19-3-5-21(30)6-4-19)22-7-8-25-33-24(17-40(25)35-22)34-28(42)20-9-10-32-23(31)15-20/h3-10,15,17-18,41H,11-14,16H2,1-2H3,(H,34,42)/t18-/m1/s1. The number of aromatic nitrogens is 6. The first-order valence-electron chi connectivity index (χ1n) is 13.5. The normalized spacial score (nSPS) is 14.8. The van der Waals surface area contributed by atoms with Gasteiger partial charge in [0, 0.05) is 63.2 Å². The van der Waals surface area contributed by atoms with E-state index >= 15 is 0 Å². The number of benzene rings is 1. The summed E-state index contributed by atoms with van der Waals surface area (Å²) in [6, 6.07) is 12.3. The molecule has 216 valence electrons. The molecule has 5 heterocycles. The summed E-state index contributed by atoms with van der Waals surface area (Å²) in [5.74, 6) is -0.499. The van der Waals surface area contributed by atoms with Gasteiger partial charge in [0.05, 0.1) is 23.6 Å². The van der Waals surface area contributed by atoms with E-state index in [1.54, 1.807) is 35.8 Å². The lowest BCUT2D eigenvalue weighted by Gasteiger charge is -2.36. The summed E-state index contributed by atoms with van der Waals surface area (Å²) in [4.78, 5) is 25.0. The Hall–Kier alpha value is -4.75. The average Bonchev–Trinajstić information content (AvgIpc) is 3.53. The predicted octanol–water partition coefficient (Wildman–Crippen LogP) is 3.23. The second kappa shape index (κ2) is 11.3. The Balaban J connectivity index is 1.37. The second-order valence-electron chi connectivity index (χ2n) is 10.3. The molecule has 0 aliphatic carbocycles. The van der Waals surface area contributed by atoms with Crippen molar-refractivity contribution in [2.45, 2.75) is 13.0 Å². The first-order chi connectivity index (χ1) is 20.2. The molecule has 1 fully saturated rings. The molecule has 1 aliphatic heterocycles. The Morgan fingerprint density at radius 1 is 1.05 bits per heavy atom. The third-order valence-electron chi connectivity index (χ3n) is 7.14. The van der Waals surface area contributed by atoms with Gasteiger partial charge in [-0.1, -0.05) is 0 Å². The number of aryl methyl sites for hydroxylation is 1. The number of nitrogens with zero attached hydrogens (tertiary/aromatic N) is 8. The molecule has 0 radical (unpaired) electrons. The fraction of sp³-hybridized carbons (Fsp3) is 0.276. The van der Waals surface area contributed by atoms with E-state index in [4.69, 9.17) is 10.2 Å². The Morgan fingerprint density at radius 3 is 2.52 bits per heavy atom. The predicted molar refractivity (Wildman–Crippen MR) is 153 cm³/mol. The van der Waals surface area contributed by atoms with Crippen molar-refractivity contribution in [1.29, 1.82) is 0 Å². The molecular formula is C29H29F2N9O2. The third-order valence-corrected chi connectivity index (χ3v) is 7.14. The summed E-state index contributed by atoms with van der Waals surface area (Å²) < 4.78 is 30.7. The molecule has 2 N–H and O–H groups in total. The highest BCUT2D eigenvalue weighted by molar-refractivity contribution is 6.03. The van der Waals surface area contributed by atoms with E-state index in [0.29, 0.717) is 23.6 Å². The van der Waals surface area contributed by atoms with Crippen LogP contribution in [0.2, 0.25) is 0 Å². The summed E-state index contributed by atoms with van der Waals surface area (Å²) in [6.07, 6.45) is 2.40. The molecule has 11 nitrogen and oxygen atoms in total. The molecule has 1 aromatic carbocycles. The van der Waals surface area contributed by atoms with E-state index < -0.39 is 18.0 Å². The number of pyridine rings is 1. The molecule has 0 saturated carbocycles. The molecule has 1 amide bonds. The first-order valence-corrected chi connectivity index (χ1v) is 13.5. The summed E-state index contributed by atoms with van der Waals surface area (Å²) in [6.45, 7) is 5.40. The Kier molecular flexibility index (Phi) is 7.35. The first kappa shape index (κ1) is 27.4. The minimum absolute atomic E-state index is 0.116. The van der Waals surface area contributed by atoms with Crippen LogP contribution in [0.15, 0.2) is 60.9 Å². The number of fused-ring (bicyclic) bond motifs is 1. The molecule has 1 aliphatic rings. The van der Waals surface area contributed by atoms with E-state index in [2.05, 4.69) is 25.1 Å². The molecule has 6 rings (SSSR count). The number of aliphatic hydroxyl groups is 1. The van der Waals surface area contributed by atoms with Crippen LogP contribution in [-0.2, 0) is 7.05 Å². The van der Waals surface area contributed by atoms with Crippen molar-refractivity contribution in [1.82, 2.24) is 34.3 Å². The maximum Gasteiger partial charge on any atom is 0.257 e. The number of nitrogens with one attached hydrogen (secondary N) is 1. The van der Waals surface area contributed by atoms with Gasteiger partial charge in [-0.2, -0.15) is 14.6 Å². The number of imidazole rings is 1. The second-order valence-corrected chi connectivity index (χ2v) is 10.3. The van der Waals surface area contributed by atoms with Crippen LogP contribution in [0, 0.1) is 11.8 Å². The molecule has 13 heteroatoms. The topological polar surface area (TPSA) is 117 Å². The van der Waals surface area contributed by atoms with Gasteiger partial charge in [-0.15, -0.1) is 0 Å². The van der Waals surface area contributed by atoms with Gasteiger partial charge in [-0.05, 0) is 49.4 Å². The summed E-state index contributed by atoms with van der Waals surface area (Å²) in [5, 5.41) is 22.2. The Labute approximate surface area is 240 Å². The lowest BCUT2D eigenvalue weighted by atomic mass is 10.0. The lowest BCUT2D eigenvalue weighted by molar-refractivity contribution is 0.102. The van der Waals surface area contributed by atoms with Gasteiger partial charge in [0.15, 0.2) is 11.5 Å². The summed E-state index contributed by atoms with van der Waals surface area (Å²) >= 11 is 0. The van der Waals surface area contributed by atoms with Crippen molar-refractivity contribution < 1.29 is 18.7 Å². The molecule has 0 spiro atoms. The molecule has 5 aromatic rings. The zero-order chi connectivity index (χ0) is 29.4. The number of β-amino-alcohol motifs (C(OH)–C–C–N with tert-alkyl or cyclic N) is 1. The summed E-state index contributed by atoms with van der Waals surface area (Å²) in [7, 11) is 1.87. The number of carbonyl (C=O) groups excluding carboxylic acids is 1. The van der Waals surface area contributed by atoms with Crippen LogP contribution >= 0.6 is 0 Å². The van der Waals surface area contributed by atoms with E-state index in [9.17, 15) is 18.7 Å². The number of aliphatic hydroxyl groups excluding tert-OH is 1. The number of piperazine rings is 1. The van der Waals surface area contributed by atoms with Crippen LogP contribution in [0.5, 0.6) is 0 Å². The van der Waals surface area contributed by atoms with Crippen LogP contribution in [-0.4, -0.2) is 84.1 Å². The zero-order valence-electron chi connectivity index (χ0n) is 23.1. The van der Waals surface area contributed by atoms with Crippen molar-refractivity contribution in [3.05, 3.63) is 78.3 Å². The number of halogens is 2.